The Morgan fingerprint density at radius 1 is 1.75 bits per heavy atom. The lowest BCUT2D eigenvalue weighted by molar-refractivity contribution is 0.0853. The molecule has 1 N–H and O–H groups in total. The van der Waals surface area contributed by atoms with Crippen LogP contribution in [0.4, 0.5) is 0 Å². The molecule has 1 amide bonds. The van der Waals surface area contributed by atoms with E-state index in [1.54, 1.807) is 16.9 Å². The summed E-state index contributed by atoms with van der Waals surface area (Å²) < 4.78 is 7.16. The molecule has 1 unspecified atom stereocenters. The lowest BCUT2D eigenvalue weighted by atomic mass is 10.2. The topological polar surface area (TPSA) is 56.2 Å². The predicted octanol–water partition coefficient (Wildman–Crippen LogP) is 0.812. The number of aromatic nitrogens is 2. The Labute approximate surface area is 94.8 Å². The SMILES string of the molecule is CCn1ccc(C(=O)NCC2CCCO2)n1. The zero-order valence-electron chi connectivity index (χ0n) is 9.48. The van der Waals surface area contributed by atoms with Crippen LogP contribution < -0.4 is 5.32 Å². The fraction of sp³-hybridized carbons (Fsp3) is 0.636. The first kappa shape index (κ1) is 11.1. The van der Waals surface area contributed by atoms with Gasteiger partial charge in [0.1, 0.15) is 5.69 Å². The summed E-state index contributed by atoms with van der Waals surface area (Å²) in [5.41, 5.74) is 0.472. The van der Waals surface area contributed by atoms with E-state index in [-0.39, 0.29) is 12.0 Å². The van der Waals surface area contributed by atoms with E-state index in [4.69, 9.17) is 4.74 Å². The third-order valence-electron chi connectivity index (χ3n) is 2.71. The summed E-state index contributed by atoms with van der Waals surface area (Å²) in [6.45, 7) is 4.16. The number of hydrogen-bond donors (Lipinski definition) is 1. The summed E-state index contributed by atoms with van der Waals surface area (Å²) in [6, 6.07) is 1.73. The van der Waals surface area contributed by atoms with Crippen LogP contribution in [0.15, 0.2) is 12.3 Å². The number of nitrogens with zero attached hydrogens (tertiary/aromatic N) is 2. The van der Waals surface area contributed by atoms with Gasteiger partial charge >= 0.3 is 0 Å². The van der Waals surface area contributed by atoms with Gasteiger partial charge in [0.15, 0.2) is 0 Å². The molecule has 1 aliphatic heterocycles. The van der Waals surface area contributed by atoms with Crippen molar-refractivity contribution in [1.82, 2.24) is 15.1 Å². The molecule has 5 nitrogen and oxygen atoms in total. The molecule has 1 aromatic rings. The van der Waals surface area contributed by atoms with Gasteiger partial charge in [0, 0.05) is 25.9 Å². The Hall–Kier alpha value is -1.36. The smallest absolute Gasteiger partial charge is 0.271 e. The van der Waals surface area contributed by atoms with E-state index < -0.39 is 0 Å². The Bertz CT molecular complexity index is 356. The molecule has 1 aliphatic rings. The molecule has 2 rings (SSSR count). The number of ether oxygens (including phenoxy) is 1. The lowest BCUT2D eigenvalue weighted by Crippen LogP contribution is -2.32. The fourth-order valence-electron chi connectivity index (χ4n) is 1.76. The van der Waals surface area contributed by atoms with E-state index in [0.717, 1.165) is 26.0 Å². The van der Waals surface area contributed by atoms with Crippen molar-refractivity contribution < 1.29 is 9.53 Å². The number of hydrogen-bond acceptors (Lipinski definition) is 3. The molecule has 0 aromatic carbocycles. The summed E-state index contributed by atoms with van der Waals surface area (Å²) in [5.74, 6) is -0.122. The largest absolute Gasteiger partial charge is 0.376 e. The van der Waals surface area contributed by atoms with Crippen LogP contribution in [0, 0.1) is 0 Å². The molecule has 1 aromatic heterocycles. The molecule has 16 heavy (non-hydrogen) atoms. The highest BCUT2D eigenvalue weighted by Gasteiger charge is 2.17. The summed E-state index contributed by atoms with van der Waals surface area (Å²) >= 11 is 0. The van der Waals surface area contributed by atoms with Gasteiger partial charge in [-0.2, -0.15) is 5.10 Å². The molecule has 2 heterocycles. The van der Waals surface area contributed by atoms with Crippen molar-refractivity contribution in [3.63, 3.8) is 0 Å². The Morgan fingerprint density at radius 2 is 2.62 bits per heavy atom. The van der Waals surface area contributed by atoms with Crippen molar-refractivity contribution >= 4 is 5.91 Å². The molecule has 0 bridgehead atoms. The quantitative estimate of drug-likeness (QED) is 0.822. The highest BCUT2D eigenvalue weighted by Crippen LogP contribution is 2.10. The average molecular weight is 223 g/mol. The van der Waals surface area contributed by atoms with E-state index in [1.165, 1.54) is 0 Å². The monoisotopic (exact) mass is 223 g/mol. The molecule has 5 heteroatoms. The van der Waals surface area contributed by atoms with E-state index >= 15 is 0 Å². The van der Waals surface area contributed by atoms with Crippen molar-refractivity contribution in [2.45, 2.75) is 32.4 Å². The standard InChI is InChI=1S/C11H17N3O2/c1-2-14-6-5-10(13-14)11(15)12-8-9-4-3-7-16-9/h5-6,9H,2-4,7-8H2,1H3,(H,12,15). The molecular weight excluding hydrogens is 206 g/mol. The number of nitrogens with one attached hydrogen (secondary N) is 1. The molecule has 1 saturated heterocycles. The van der Waals surface area contributed by atoms with Gasteiger partial charge in [0.05, 0.1) is 6.10 Å². The first-order valence-electron chi connectivity index (χ1n) is 5.73. The first-order chi connectivity index (χ1) is 7.79. The van der Waals surface area contributed by atoms with Gasteiger partial charge in [-0.25, -0.2) is 0 Å². The lowest BCUT2D eigenvalue weighted by Gasteiger charge is -2.09. The molecule has 0 saturated carbocycles. The van der Waals surface area contributed by atoms with Crippen LogP contribution in [0.2, 0.25) is 0 Å². The Kier molecular flexibility index (Phi) is 3.56. The number of aryl methyl sites for hydroxylation is 1. The van der Waals surface area contributed by atoms with Crippen LogP contribution in [-0.4, -0.2) is 34.9 Å². The zero-order chi connectivity index (χ0) is 11.4. The molecule has 88 valence electrons. The van der Waals surface area contributed by atoms with E-state index in [9.17, 15) is 4.79 Å². The maximum absolute atomic E-state index is 11.7. The van der Waals surface area contributed by atoms with Crippen LogP contribution in [0.3, 0.4) is 0 Å². The van der Waals surface area contributed by atoms with E-state index in [2.05, 4.69) is 10.4 Å². The van der Waals surface area contributed by atoms with Crippen LogP contribution in [-0.2, 0) is 11.3 Å². The highest BCUT2D eigenvalue weighted by molar-refractivity contribution is 5.92. The molecule has 0 aliphatic carbocycles. The van der Waals surface area contributed by atoms with Gasteiger partial charge in [-0.15, -0.1) is 0 Å². The second-order valence-electron chi connectivity index (χ2n) is 3.90. The summed E-state index contributed by atoms with van der Waals surface area (Å²) in [6.07, 6.45) is 4.10. The van der Waals surface area contributed by atoms with E-state index in [0.29, 0.717) is 12.2 Å². The number of rotatable bonds is 4. The average Bonchev–Trinajstić information content (AvgIpc) is 2.96. The number of carbonyl (C=O) groups is 1. The molecular formula is C11H17N3O2. The molecule has 0 spiro atoms. The minimum Gasteiger partial charge on any atom is -0.376 e. The normalized spacial score (nSPS) is 19.9. The van der Waals surface area contributed by atoms with Gasteiger partial charge in [-0.3, -0.25) is 9.48 Å². The van der Waals surface area contributed by atoms with Gasteiger partial charge in [-0.05, 0) is 25.8 Å². The fourth-order valence-corrected chi connectivity index (χ4v) is 1.76. The summed E-state index contributed by atoms with van der Waals surface area (Å²) in [4.78, 5) is 11.7. The minimum atomic E-state index is -0.122. The second kappa shape index (κ2) is 5.12. The first-order valence-corrected chi connectivity index (χ1v) is 5.73. The molecule has 1 atom stereocenters. The molecule has 0 radical (unpaired) electrons. The number of amides is 1. The van der Waals surface area contributed by atoms with Crippen LogP contribution in [0.1, 0.15) is 30.3 Å². The van der Waals surface area contributed by atoms with Gasteiger partial charge in [0.25, 0.3) is 5.91 Å². The zero-order valence-corrected chi connectivity index (χ0v) is 9.48. The summed E-state index contributed by atoms with van der Waals surface area (Å²) in [5, 5.41) is 6.98. The third kappa shape index (κ3) is 2.61. The highest BCUT2D eigenvalue weighted by atomic mass is 16.5. The van der Waals surface area contributed by atoms with Crippen LogP contribution in [0.5, 0.6) is 0 Å². The predicted molar refractivity (Wildman–Crippen MR) is 59.2 cm³/mol. The van der Waals surface area contributed by atoms with Crippen LogP contribution >= 0.6 is 0 Å². The van der Waals surface area contributed by atoms with Crippen molar-refractivity contribution in [1.29, 1.82) is 0 Å². The number of carbonyl (C=O) groups excluding carboxylic acids is 1. The van der Waals surface area contributed by atoms with Crippen LogP contribution in [0.25, 0.3) is 0 Å². The van der Waals surface area contributed by atoms with Gasteiger partial charge in [0.2, 0.25) is 0 Å². The summed E-state index contributed by atoms with van der Waals surface area (Å²) in [7, 11) is 0. The Balaban J connectivity index is 1.82. The van der Waals surface area contributed by atoms with Crippen molar-refractivity contribution in [2.24, 2.45) is 0 Å². The minimum absolute atomic E-state index is 0.122. The maximum atomic E-state index is 11.7. The molecule has 1 fully saturated rings. The maximum Gasteiger partial charge on any atom is 0.271 e. The van der Waals surface area contributed by atoms with Crippen molar-refractivity contribution in [3.8, 4) is 0 Å². The van der Waals surface area contributed by atoms with Gasteiger partial charge in [-0.1, -0.05) is 0 Å². The van der Waals surface area contributed by atoms with E-state index in [1.807, 2.05) is 6.92 Å². The Morgan fingerprint density at radius 3 is 3.25 bits per heavy atom. The van der Waals surface area contributed by atoms with Gasteiger partial charge < -0.3 is 10.1 Å². The second-order valence-corrected chi connectivity index (χ2v) is 3.90. The van der Waals surface area contributed by atoms with Crippen molar-refractivity contribution in [2.75, 3.05) is 13.2 Å². The third-order valence-corrected chi connectivity index (χ3v) is 2.71. The van der Waals surface area contributed by atoms with Crippen molar-refractivity contribution in [3.05, 3.63) is 18.0 Å².